The summed E-state index contributed by atoms with van der Waals surface area (Å²) in [4.78, 5) is 46.1. The van der Waals surface area contributed by atoms with Crippen molar-refractivity contribution in [1.82, 2.24) is 0 Å². The number of carbonyl (C=O) groups is 4. The normalized spacial score (nSPS) is 11.2. The maximum atomic E-state index is 12.0. The van der Waals surface area contributed by atoms with Crippen LogP contribution in [0.1, 0.15) is 466 Å². The van der Waals surface area contributed by atoms with E-state index in [1.54, 1.807) is 0 Å². The van der Waals surface area contributed by atoms with Crippen molar-refractivity contribution in [3.05, 3.63) is 0 Å². The zero-order valence-corrected chi connectivity index (χ0v) is 62.5. The van der Waals surface area contributed by atoms with Crippen molar-refractivity contribution < 1.29 is 38.1 Å². The summed E-state index contributed by atoms with van der Waals surface area (Å²) in [6, 6.07) is 0. The van der Waals surface area contributed by atoms with Gasteiger partial charge in [-0.05, 0) is 50.4 Å². The highest BCUT2D eigenvalue weighted by atomic mass is 16.5. The zero-order chi connectivity index (χ0) is 66.4. The summed E-state index contributed by atoms with van der Waals surface area (Å²) >= 11 is 0. The molecule has 0 heterocycles. The molecule has 0 bridgehead atoms. The van der Waals surface area contributed by atoms with Gasteiger partial charge in [-0.2, -0.15) is 0 Å². The van der Waals surface area contributed by atoms with Gasteiger partial charge in [0.15, 0.2) is 0 Å². The zero-order valence-electron chi connectivity index (χ0n) is 62.5. The van der Waals surface area contributed by atoms with Gasteiger partial charge in [-0.15, -0.1) is 0 Å². The molecule has 0 atom stereocenters. The van der Waals surface area contributed by atoms with Gasteiger partial charge >= 0.3 is 23.9 Å². The minimum Gasteiger partial charge on any atom is -0.466 e. The van der Waals surface area contributed by atoms with E-state index in [1.165, 1.54) is 347 Å². The third-order valence-corrected chi connectivity index (χ3v) is 17.7. The molecule has 0 aliphatic heterocycles. The van der Waals surface area contributed by atoms with E-state index in [0.29, 0.717) is 76.8 Å². The fourth-order valence-electron chi connectivity index (χ4n) is 11.6. The lowest BCUT2D eigenvalue weighted by atomic mass is 10.0. The van der Waals surface area contributed by atoms with Crippen LogP contribution in [0.3, 0.4) is 0 Å². The third-order valence-electron chi connectivity index (χ3n) is 17.7. The Morgan fingerprint density at radius 3 is 0.489 bits per heavy atom. The van der Waals surface area contributed by atoms with Crippen LogP contribution in [0.15, 0.2) is 0 Å². The van der Waals surface area contributed by atoms with E-state index in [1.807, 2.05) is 27.7 Å². The number of esters is 4. The van der Waals surface area contributed by atoms with Gasteiger partial charge in [-0.3, -0.25) is 19.2 Å². The van der Waals surface area contributed by atoms with E-state index in [2.05, 4.69) is 27.7 Å². The first-order valence-electron chi connectivity index (χ1n) is 40.7. The molecule has 0 aliphatic rings. The van der Waals surface area contributed by atoms with E-state index < -0.39 is 0 Å². The fourth-order valence-corrected chi connectivity index (χ4v) is 11.6. The van der Waals surface area contributed by atoms with Gasteiger partial charge in [0.05, 0.1) is 26.4 Å². The van der Waals surface area contributed by atoms with Crippen LogP contribution in [-0.4, -0.2) is 50.3 Å². The number of carbonyl (C=O) groups excluding carboxylic acids is 4. The van der Waals surface area contributed by atoms with Gasteiger partial charge in [-0.1, -0.05) is 402 Å². The number of ether oxygens (including phenoxy) is 4. The van der Waals surface area contributed by atoms with Crippen LogP contribution in [0.2, 0.25) is 0 Å². The molecule has 0 aromatic heterocycles. The second-order valence-corrected chi connectivity index (χ2v) is 28.4. The average Bonchev–Trinajstić information content (AvgIpc) is 3.58. The molecule has 0 radical (unpaired) electrons. The predicted molar refractivity (Wildman–Crippen MR) is 392 cm³/mol. The van der Waals surface area contributed by atoms with E-state index >= 15 is 0 Å². The van der Waals surface area contributed by atoms with Crippen LogP contribution in [0.5, 0.6) is 0 Å². The average molecular weight is 1280 g/mol. The predicted octanol–water partition coefficient (Wildman–Crippen LogP) is 27.5. The molecule has 0 amide bonds. The molecule has 0 aliphatic carbocycles. The molecular weight excluding hydrogens is 1110 g/mol. The van der Waals surface area contributed by atoms with Gasteiger partial charge in [0, 0.05) is 25.7 Å². The maximum absolute atomic E-state index is 12.0. The van der Waals surface area contributed by atoms with Crippen molar-refractivity contribution in [2.45, 2.75) is 466 Å². The topological polar surface area (TPSA) is 105 Å². The summed E-state index contributed by atoms with van der Waals surface area (Å²) in [6.07, 6.45) is 82.7. The third kappa shape index (κ3) is 90.1. The van der Waals surface area contributed by atoms with Crippen molar-refractivity contribution >= 4 is 23.9 Å². The van der Waals surface area contributed by atoms with Gasteiger partial charge in [0.2, 0.25) is 0 Å². The first-order valence-corrected chi connectivity index (χ1v) is 40.7. The second-order valence-electron chi connectivity index (χ2n) is 28.4. The van der Waals surface area contributed by atoms with Crippen LogP contribution in [0.25, 0.3) is 0 Å². The van der Waals surface area contributed by atoms with Gasteiger partial charge in [-0.25, -0.2) is 0 Å². The summed E-state index contributed by atoms with van der Waals surface area (Å²) in [6.45, 7) is 19.3. The lowest BCUT2D eigenvalue weighted by Crippen LogP contribution is -2.11. The molecule has 8 nitrogen and oxygen atoms in total. The lowest BCUT2D eigenvalue weighted by Gasteiger charge is -2.08. The molecule has 0 fully saturated rings. The molecule has 0 spiro atoms. The molecule has 0 aromatic carbocycles. The van der Waals surface area contributed by atoms with Crippen LogP contribution in [0.4, 0.5) is 0 Å². The lowest BCUT2D eigenvalue weighted by molar-refractivity contribution is -0.147. The van der Waals surface area contributed by atoms with Crippen molar-refractivity contribution in [3.63, 3.8) is 0 Å². The van der Waals surface area contributed by atoms with Crippen molar-refractivity contribution in [2.75, 3.05) is 26.4 Å². The Hall–Kier alpha value is -2.12. The molecule has 0 N–H and O–H groups in total. The Labute approximate surface area is 563 Å². The SMILES string of the molecule is CC(C)COC(=O)CCCCC(=O)OCC(C)C.CCCCCCCCCCCCCCCCCCCCCCOC(=O)CCCCCCCCCCCCCCCCCCCCC.CCCCCCCCCCCCCCCCOC(=O)CCCCCCC. The molecule has 538 valence electrons. The summed E-state index contributed by atoms with van der Waals surface area (Å²) in [7, 11) is 0. The monoisotopic (exact) mass is 1280 g/mol. The van der Waals surface area contributed by atoms with Crippen molar-refractivity contribution in [3.8, 4) is 0 Å². The number of rotatable bonds is 71. The largest absolute Gasteiger partial charge is 0.466 e. The molecule has 0 unspecified atom stereocenters. The summed E-state index contributed by atoms with van der Waals surface area (Å²) in [5.41, 5.74) is 0. The Bertz CT molecular complexity index is 1350. The van der Waals surface area contributed by atoms with E-state index in [9.17, 15) is 19.2 Å². The minimum atomic E-state index is -0.181. The second kappa shape index (κ2) is 83.0. The molecule has 0 saturated heterocycles. The summed E-state index contributed by atoms with van der Waals surface area (Å²) < 4.78 is 20.9. The first kappa shape index (κ1) is 92.1. The Balaban J connectivity index is -0.00000144. The standard InChI is InChI=1S/C44H88O2.C24H48O2.C14H26O4/c1-3-5-7-9-11-13-15-17-19-21-23-25-27-29-31-33-35-37-39-41-43-46-44(45)42-40-38-36-34-32-30-28-26-24-22-20-18-16-14-12-10-8-6-4-2;1-3-5-7-9-10-11-12-13-14-15-16-17-19-21-23-26-24(25)22-20-18-8-6-4-2;1-11(2)9-17-13(15)7-5-6-8-14(16)18-10-12(3)4/h3-43H2,1-2H3;3-23H2,1-2H3;11-12H,5-10H2,1-4H3. The number of hydrogen-bond donors (Lipinski definition) is 0. The van der Waals surface area contributed by atoms with Gasteiger partial charge < -0.3 is 18.9 Å². The maximum Gasteiger partial charge on any atom is 0.305 e. The molecule has 8 heteroatoms. The van der Waals surface area contributed by atoms with E-state index in [-0.39, 0.29) is 23.9 Å². The van der Waals surface area contributed by atoms with Crippen LogP contribution < -0.4 is 0 Å². The highest BCUT2D eigenvalue weighted by molar-refractivity contribution is 5.71. The minimum absolute atomic E-state index is 0.0104. The number of unbranched alkanes of at least 4 members (excludes halogenated alkanes) is 55. The molecule has 0 aromatic rings. The van der Waals surface area contributed by atoms with Gasteiger partial charge in [0.25, 0.3) is 0 Å². The van der Waals surface area contributed by atoms with Gasteiger partial charge in [0.1, 0.15) is 0 Å². The smallest absolute Gasteiger partial charge is 0.305 e. The molecular formula is C82H162O8. The fraction of sp³-hybridized carbons (Fsp3) is 0.951. The number of hydrogen-bond acceptors (Lipinski definition) is 8. The highest BCUT2D eigenvalue weighted by Crippen LogP contribution is 2.19. The Morgan fingerprint density at radius 1 is 0.189 bits per heavy atom. The van der Waals surface area contributed by atoms with Crippen LogP contribution in [0, 0.1) is 11.8 Å². The molecule has 0 rings (SSSR count). The first-order chi connectivity index (χ1) is 44.0. The van der Waals surface area contributed by atoms with Crippen LogP contribution >= 0.6 is 0 Å². The van der Waals surface area contributed by atoms with E-state index in [4.69, 9.17) is 18.9 Å². The quantitative estimate of drug-likeness (QED) is 0.0337. The Morgan fingerprint density at radius 2 is 0.322 bits per heavy atom. The summed E-state index contributed by atoms with van der Waals surface area (Å²) in [5.74, 6) is 0.402. The van der Waals surface area contributed by atoms with E-state index in [0.717, 1.165) is 25.7 Å². The highest BCUT2D eigenvalue weighted by Gasteiger charge is 2.09. The summed E-state index contributed by atoms with van der Waals surface area (Å²) in [5, 5.41) is 0. The Kier molecular flexibility index (Phi) is 84.9. The van der Waals surface area contributed by atoms with Crippen molar-refractivity contribution in [2.24, 2.45) is 11.8 Å². The van der Waals surface area contributed by atoms with Crippen LogP contribution in [-0.2, 0) is 38.1 Å². The molecule has 0 saturated carbocycles. The van der Waals surface area contributed by atoms with Crippen molar-refractivity contribution in [1.29, 1.82) is 0 Å². The molecule has 90 heavy (non-hydrogen) atoms.